The van der Waals surface area contributed by atoms with Gasteiger partial charge in [-0.3, -0.25) is 9.78 Å². The molecule has 0 spiro atoms. The molecule has 1 aromatic heterocycles. The Kier molecular flexibility index (Phi) is 7.99. The summed E-state index contributed by atoms with van der Waals surface area (Å²) in [5, 5.41) is 19.9. The molecular formula is C33H39NO3. The van der Waals surface area contributed by atoms with Crippen molar-refractivity contribution in [2.45, 2.75) is 83.7 Å². The van der Waals surface area contributed by atoms with E-state index in [4.69, 9.17) is 5.11 Å². The van der Waals surface area contributed by atoms with Crippen molar-refractivity contribution in [3.8, 4) is 11.1 Å². The second-order valence-corrected chi connectivity index (χ2v) is 10.7. The Morgan fingerprint density at radius 3 is 2.22 bits per heavy atom. The van der Waals surface area contributed by atoms with Gasteiger partial charge in [0.25, 0.3) is 0 Å². The molecule has 1 heterocycles. The number of carboxylic acid groups (broad SMARTS) is 1. The first-order valence-electron chi connectivity index (χ1n) is 13.5. The Hall–Kier alpha value is -3.24. The fourth-order valence-electron chi connectivity index (χ4n) is 5.98. The third-order valence-electron chi connectivity index (χ3n) is 8.31. The van der Waals surface area contributed by atoms with Gasteiger partial charge in [-0.05, 0) is 84.5 Å². The molecule has 4 nitrogen and oxygen atoms in total. The van der Waals surface area contributed by atoms with Crippen LogP contribution in [0.3, 0.4) is 0 Å². The molecule has 0 saturated heterocycles. The van der Waals surface area contributed by atoms with Crippen LogP contribution in [0.2, 0.25) is 0 Å². The van der Waals surface area contributed by atoms with Crippen LogP contribution in [0.4, 0.5) is 0 Å². The lowest BCUT2D eigenvalue weighted by atomic mass is 9.69. The van der Waals surface area contributed by atoms with E-state index in [0.717, 1.165) is 60.8 Å². The average Bonchev–Trinajstić information content (AvgIpc) is 3.31. The van der Waals surface area contributed by atoms with Gasteiger partial charge in [-0.1, -0.05) is 75.2 Å². The Bertz CT molecular complexity index is 1300. The molecule has 1 fully saturated rings. The highest BCUT2D eigenvalue weighted by Gasteiger charge is 2.32. The summed E-state index contributed by atoms with van der Waals surface area (Å²) in [5.74, 6) is -0.854. The molecule has 0 radical (unpaired) electrons. The number of aryl methyl sites for hydroxylation is 2. The molecule has 0 bridgehead atoms. The van der Waals surface area contributed by atoms with E-state index in [1.165, 1.54) is 16.7 Å². The predicted molar refractivity (Wildman–Crippen MR) is 151 cm³/mol. The number of aliphatic hydroxyl groups is 1. The lowest BCUT2D eigenvalue weighted by Crippen LogP contribution is -2.26. The Balaban J connectivity index is 1.67. The molecule has 1 aliphatic carbocycles. The van der Waals surface area contributed by atoms with Crippen LogP contribution in [0.1, 0.15) is 85.8 Å². The number of pyridine rings is 1. The molecule has 4 rings (SSSR count). The first-order chi connectivity index (χ1) is 17.7. The van der Waals surface area contributed by atoms with E-state index >= 15 is 0 Å². The summed E-state index contributed by atoms with van der Waals surface area (Å²) in [6.45, 7) is 8.78. The summed E-state index contributed by atoms with van der Waals surface area (Å²) >= 11 is 0. The van der Waals surface area contributed by atoms with Crippen LogP contribution < -0.4 is 0 Å². The molecule has 194 valence electrons. The minimum Gasteiger partial charge on any atom is -0.481 e. The van der Waals surface area contributed by atoms with E-state index in [-0.39, 0.29) is 11.8 Å². The molecular weight excluding hydrogens is 458 g/mol. The van der Waals surface area contributed by atoms with Gasteiger partial charge in [0.2, 0.25) is 0 Å². The van der Waals surface area contributed by atoms with Crippen molar-refractivity contribution in [2.75, 3.05) is 0 Å². The molecule has 2 aromatic carbocycles. The Morgan fingerprint density at radius 1 is 0.973 bits per heavy atom. The highest BCUT2D eigenvalue weighted by atomic mass is 16.4. The van der Waals surface area contributed by atoms with E-state index in [0.29, 0.717) is 5.56 Å². The smallest absolute Gasteiger partial charge is 0.307 e. The summed E-state index contributed by atoms with van der Waals surface area (Å²) in [5.41, 5.74) is 8.09. The third-order valence-corrected chi connectivity index (χ3v) is 8.31. The lowest BCUT2D eigenvalue weighted by molar-refractivity contribution is -0.136. The van der Waals surface area contributed by atoms with Crippen molar-refractivity contribution < 1.29 is 15.0 Å². The number of carboxylic acids is 1. The van der Waals surface area contributed by atoms with E-state index in [2.05, 4.69) is 75.2 Å². The minimum absolute atomic E-state index is 0.0312. The van der Waals surface area contributed by atoms with Crippen molar-refractivity contribution in [1.29, 1.82) is 0 Å². The van der Waals surface area contributed by atoms with Gasteiger partial charge in [-0.2, -0.15) is 0 Å². The highest BCUT2D eigenvalue weighted by molar-refractivity contribution is 5.73. The van der Waals surface area contributed by atoms with Gasteiger partial charge in [0.15, 0.2) is 0 Å². The predicted octanol–water partition coefficient (Wildman–Crippen LogP) is 7.42. The molecule has 0 atom stereocenters. The number of aliphatic carboxylic acids is 1. The van der Waals surface area contributed by atoms with Gasteiger partial charge in [-0.15, -0.1) is 0 Å². The molecule has 1 aliphatic rings. The zero-order chi connectivity index (χ0) is 26.6. The fraction of sp³-hybridized carbons (Fsp3) is 0.394. The molecule has 2 N–H and O–H groups in total. The Labute approximate surface area is 221 Å². The zero-order valence-corrected chi connectivity index (χ0v) is 22.6. The van der Waals surface area contributed by atoms with Gasteiger partial charge in [0.1, 0.15) is 0 Å². The quantitative estimate of drug-likeness (QED) is 0.323. The Morgan fingerprint density at radius 2 is 1.62 bits per heavy atom. The second-order valence-electron chi connectivity index (χ2n) is 10.7. The standard InChI is InChI=1S/C33H39NO3/c1-5-33(6-2,28-10-9-26(23(3)17-28)13-16-32(37)14-7-8-15-32)29-11-12-30(24(4)18-29)27-19-25(20-31(35)36)21-34-22-27/h9-13,16-19,21-22,37H,5-8,14-15,20H2,1-4H3,(H,35,36). The maximum absolute atomic E-state index is 11.2. The molecule has 0 aliphatic heterocycles. The van der Waals surface area contributed by atoms with Gasteiger partial charge >= 0.3 is 5.97 Å². The summed E-state index contributed by atoms with van der Waals surface area (Å²) in [7, 11) is 0. The zero-order valence-electron chi connectivity index (χ0n) is 22.6. The van der Waals surface area contributed by atoms with E-state index in [1.54, 1.807) is 12.4 Å². The van der Waals surface area contributed by atoms with E-state index in [9.17, 15) is 9.90 Å². The number of hydrogen-bond donors (Lipinski definition) is 2. The number of aromatic nitrogens is 1. The highest BCUT2D eigenvalue weighted by Crippen LogP contribution is 2.41. The van der Waals surface area contributed by atoms with Crippen LogP contribution in [-0.2, 0) is 16.6 Å². The van der Waals surface area contributed by atoms with Crippen LogP contribution in [0, 0.1) is 13.8 Å². The molecule has 1 saturated carbocycles. The van der Waals surface area contributed by atoms with Crippen LogP contribution in [0.15, 0.2) is 60.9 Å². The van der Waals surface area contributed by atoms with Gasteiger partial charge in [-0.25, -0.2) is 0 Å². The van der Waals surface area contributed by atoms with Crippen molar-refractivity contribution in [1.82, 2.24) is 4.98 Å². The van der Waals surface area contributed by atoms with Gasteiger partial charge in [0.05, 0.1) is 12.0 Å². The first kappa shape index (κ1) is 26.8. The second kappa shape index (κ2) is 11.0. The maximum atomic E-state index is 11.2. The number of rotatable bonds is 9. The first-order valence-corrected chi connectivity index (χ1v) is 13.5. The summed E-state index contributed by atoms with van der Waals surface area (Å²) < 4.78 is 0. The average molecular weight is 498 g/mol. The van der Waals surface area contributed by atoms with Gasteiger partial charge < -0.3 is 10.2 Å². The van der Waals surface area contributed by atoms with Crippen molar-refractivity contribution in [3.63, 3.8) is 0 Å². The molecule has 0 unspecified atom stereocenters. The summed E-state index contributed by atoms with van der Waals surface area (Å²) in [6.07, 6.45) is 13.3. The van der Waals surface area contributed by atoms with Crippen LogP contribution >= 0.6 is 0 Å². The SMILES string of the molecule is CCC(CC)(c1ccc(C=CC2(O)CCCC2)c(C)c1)c1ccc(-c2cncc(CC(=O)O)c2)c(C)c1. The molecule has 0 amide bonds. The maximum Gasteiger partial charge on any atom is 0.307 e. The van der Waals surface area contributed by atoms with Crippen molar-refractivity contribution in [3.05, 3.63) is 94.3 Å². The molecule has 37 heavy (non-hydrogen) atoms. The number of hydrogen-bond acceptors (Lipinski definition) is 3. The number of benzene rings is 2. The monoisotopic (exact) mass is 497 g/mol. The van der Waals surface area contributed by atoms with Gasteiger partial charge in [0, 0.05) is 23.4 Å². The molecule has 4 heteroatoms. The van der Waals surface area contributed by atoms with Crippen LogP contribution in [0.25, 0.3) is 17.2 Å². The van der Waals surface area contributed by atoms with E-state index in [1.807, 2.05) is 12.1 Å². The van der Waals surface area contributed by atoms with Crippen molar-refractivity contribution >= 4 is 12.0 Å². The topological polar surface area (TPSA) is 70.4 Å². The summed E-state index contributed by atoms with van der Waals surface area (Å²) in [4.78, 5) is 15.4. The lowest BCUT2D eigenvalue weighted by Gasteiger charge is -2.34. The molecule has 3 aromatic rings. The summed E-state index contributed by atoms with van der Waals surface area (Å²) in [6, 6.07) is 15.3. The fourth-order valence-corrected chi connectivity index (χ4v) is 5.98. The minimum atomic E-state index is -0.854. The van der Waals surface area contributed by atoms with Crippen LogP contribution in [-0.4, -0.2) is 26.8 Å². The number of carbonyl (C=O) groups is 1. The van der Waals surface area contributed by atoms with Crippen LogP contribution in [0.5, 0.6) is 0 Å². The largest absolute Gasteiger partial charge is 0.481 e. The normalized spacial score (nSPS) is 15.4. The van der Waals surface area contributed by atoms with E-state index < -0.39 is 11.6 Å². The van der Waals surface area contributed by atoms with Crippen molar-refractivity contribution in [2.24, 2.45) is 0 Å². The third kappa shape index (κ3) is 5.70. The number of nitrogens with zero attached hydrogens (tertiary/aromatic N) is 1.